The van der Waals surface area contributed by atoms with Crippen molar-refractivity contribution in [2.75, 3.05) is 26.2 Å². The van der Waals surface area contributed by atoms with Crippen LogP contribution in [0.4, 0.5) is 0 Å². The third kappa shape index (κ3) is 6.11. The summed E-state index contributed by atoms with van der Waals surface area (Å²) in [6.07, 6.45) is 5.16. The minimum absolute atomic E-state index is 0.0177. The van der Waals surface area contributed by atoms with Crippen LogP contribution in [0.15, 0.2) is 27.8 Å². The Labute approximate surface area is 150 Å². The normalized spacial score (nSPS) is 17.4. The molecule has 0 aromatic carbocycles. The van der Waals surface area contributed by atoms with Crippen LogP contribution in [0.3, 0.4) is 0 Å². The van der Waals surface area contributed by atoms with E-state index in [4.69, 9.17) is 14.1 Å². The molecule has 1 aliphatic heterocycles. The maximum atomic E-state index is 11.9. The zero-order chi connectivity index (χ0) is 18.1. The predicted octanol–water partition coefficient (Wildman–Crippen LogP) is 2.84. The van der Waals surface area contributed by atoms with Gasteiger partial charge in [-0.2, -0.15) is 0 Å². The number of hydrogen-bond acceptors (Lipinski definition) is 4. The number of rotatable bonds is 7. The second-order valence-corrected chi connectivity index (χ2v) is 6.50. The van der Waals surface area contributed by atoms with Crippen LogP contribution in [0.25, 0.3) is 0 Å². The van der Waals surface area contributed by atoms with Crippen molar-refractivity contribution in [3.05, 3.63) is 24.2 Å². The standard InChI is InChI=1S/C19H31N3O3/c1-4-15(3)21-19(20-11-8-17-7-6-14-25-17)22-12-9-16(10-13-22)18(23)24-5-2/h6-7,14-16H,4-5,8-13H2,1-3H3,(H,20,21). The Morgan fingerprint density at radius 3 is 2.80 bits per heavy atom. The van der Waals surface area contributed by atoms with Crippen molar-refractivity contribution in [3.63, 3.8) is 0 Å². The molecule has 1 aliphatic rings. The van der Waals surface area contributed by atoms with Gasteiger partial charge in [0.2, 0.25) is 0 Å². The fourth-order valence-corrected chi connectivity index (χ4v) is 2.87. The summed E-state index contributed by atoms with van der Waals surface area (Å²) in [5.41, 5.74) is 0. The topological polar surface area (TPSA) is 67.1 Å². The summed E-state index contributed by atoms with van der Waals surface area (Å²) in [7, 11) is 0. The number of carbonyl (C=O) groups excluding carboxylic acids is 1. The molecule has 0 radical (unpaired) electrons. The van der Waals surface area contributed by atoms with Gasteiger partial charge in [-0.1, -0.05) is 6.92 Å². The first-order chi connectivity index (χ1) is 12.1. The molecule has 0 amide bonds. The largest absolute Gasteiger partial charge is 0.469 e. The lowest BCUT2D eigenvalue weighted by molar-refractivity contribution is -0.149. The molecule has 140 valence electrons. The highest BCUT2D eigenvalue weighted by Crippen LogP contribution is 2.19. The van der Waals surface area contributed by atoms with Crippen molar-refractivity contribution >= 4 is 11.9 Å². The Hall–Kier alpha value is -1.98. The number of aliphatic imine (C=N–C) groups is 1. The van der Waals surface area contributed by atoms with Crippen molar-refractivity contribution in [1.82, 2.24) is 10.2 Å². The van der Waals surface area contributed by atoms with Crippen molar-refractivity contribution < 1.29 is 13.9 Å². The molecular weight excluding hydrogens is 318 g/mol. The van der Waals surface area contributed by atoms with Gasteiger partial charge in [-0.3, -0.25) is 9.79 Å². The van der Waals surface area contributed by atoms with E-state index in [1.807, 2.05) is 19.1 Å². The number of nitrogens with one attached hydrogen (secondary N) is 1. The van der Waals surface area contributed by atoms with Gasteiger partial charge in [0, 0.05) is 32.1 Å². The highest BCUT2D eigenvalue weighted by molar-refractivity contribution is 5.81. The summed E-state index contributed by atoms with van der Waals surface area (Å²) in [5, 5.41) is 3.51. The number of furan rings is 1. The van der Waals surface area contributed by atoms with Gasteiger partial charge in [-0.05, 0) is 45.2 Å². The number of esters is 1. The lowest BCUT2D eigenvalue weighted by Gasteiger charge is -2.34. The molecule has 2 rings (SSSR count). The third-order valence-corrected chi connectivity index (χ3v) is 4.60. The van der Waals surface area contributed by atoms with Gasteiger partial charge < -0.3 is 19.4 Å². The van der Waals surface area contributed by atoms with Gasteiger partial charge in [0.1, 0.15) is 5.76 Å². The molecule has 1 aromatic rings. The van der Waals surface area contributed by atoms with Crippen molar-refractivity contribution in [2.24, 2.45) is 10.9 Å². The van der Waals surface area contributed by atoms with E-state index in [0.29, 0.717) is 19.2 Å². The van der Waals surface area contributed by atoms with E-state index in [2.05, 4.69) is 24.1 Å². The fraction of sp³-hybridized carbons (Fsp3) is 0.684. The minimum Gasteiger partial charge on any atom is -0.469 e. The first-order valence-electron chi connectivity index (χ1n) is 9.39. The van der Waals surface area contributed by atoms with Gasteiger partial charge >= 0.3 is 5.97 Å². The smallest absolute Gasteiger partial charge is 0.309 e. The van der Waals surface area contributed by atoms with Crippen LogP contribution in [0, 0.1) is 5.92 Å². The maximum absolute atomic E-state index is 11.9. The molecule has 1 atom stereocenters. The number of piperidine rings is 1. The Morgan fingerprint density at radius 1 is 1.44 bits per heavy atom. The van der Waals surface area contributed by atoms with Crippen LogP contribution in [0.5, 0.6) is 0 Å². The summed E-state index contributed by atoms with van der Waals surface area (Å²) in [4.78, 5) is 18.9. The van der Waals surface area contributed by atoms with E-state index >= 15 is 0 Å². The van der Waals surface area contributed by atoms with Gasteiger partial charge in [0.05, 0.1) is 18.8 Å². The zero-order valence-electron chi connectivity index (χ0n) is 15.7. The molecule has 1 fully saturated rings. The second-order valence-electron chi connectivity index (χ2n) is 6.50. The lowest BCUT2D eigenvalue weighted by Crippen LogP contribution is -2.49. The van der Waals surface area contributed by atoms with E-state index in [9.17, 15) is 4.79 Å². The molecule has 0 spiro atoms. The monoisotopic (exact) mass is 349 g/mol. The van der Waals surface area contributed by atoms with Crippen LogP contribution in [0.1, 0.15) is 45.8 Å². The molecule has 0 aliphatic carbocycles. The van der Waals surface area contributed by atoms with Gasteiger partial charge in [0.25, 0.3) is 0 Å². The van der Waals surface area contributed by atoms with E-state index in [1.165, 1.54) is 0 Å². The SMILES string of the molecule is CCOC(=O)C1CCN(C(=NCCc2ccco2)NC(C)CC)CC1. The molecule has 25 heavy (non-hydrogen) atoms. The average Bonchev–Trinajstić information content (AvgIpc) is 3.14. The Kier molecular flexibility index (Phi) is 7.82. The summed E-state index contributed by atoms with van der Waals surface area (Å²) in [6.45, 7) is 8.96. The number of nitrogens with zero attached hydrogens (tertiary/aromatic N) is 2. The lowest BCUT2D eigenvalue weighted by atomic mass is 9.97. The predicted molar refractivity (Wildman–Crippen MR) is 98.5 cm³/mol. The summed E-state index contributed by atoms with van der Waals surface area (Å²) >= 11 is 0. The molecule has 2 heterocycles. The molecule has 6 nitrogen and oxygen atoms in total. The van der Waals surface area contributed by atoms with Crippen LogP contribution >= 0.6 is 0 Å². The first-order valence-corrected chi connectivity index (χ1v) is 9.39. The molecule has 1 aromatic heterocycles. The highest BCUT2D eigenvalue weighted by atomic mass is 16.5. The van der Waals surface area contributed by atoms with Gasteiger partial charge in [-0.25, -0.2) is 0 Å². The molecule has 6 heteroatoms. The molecule has 0 bridgehead atoms. The van der Waals surface area contributed by atoms with E-state index in [0.717, 1.165) is 50.5 Å². The van der Waals surface area contributed by atoms with E-state index < -0.39 is 0 Å². The van der Waals surface area contributed by atoms with Gasteiger partial charge in [0.15, 0.2) is 5.96 Å². The molecule has 1 saturated heterocycles. The van der Waals surface area contributed by atoms with E-state index in [-0.39, 0.29) is 11.9 Å². The second kappa shape index (κ2) is 10.1. The zero-order valence-corrected chi connectivity index (χ0v) is 15.7. The summed E-state index contributed by atoms with van der Waals surface area (Å²) in [6, 6.07) is 4.24. The number of guanidine groups is 1. The maximum Gasteiger partial charge on any atom is 0.309 e. The number of hydrogen-bond donors (Lipinski definition) is 1. The summed E-state index contributed by atoms with van der Waals surface area (Å²) < 4.78 is 10.5. The highest BCUT2D eigenvalue weighted by Gasteiger charge is 2.27. The van der Waals surface area contributed by atoms with Crippen LogP contribution in [0.2, 0.25) is 0 Å². The number of carbonyl (C=O) groups is 1. The van der Waals surface area contributed by atoms with E-state index in [1.54, 1.807) is 6.26 Å². The van der Waals surface area contributed by atoms with Crippen molar-refractivity contribution in [3.8, 4) is 0 Å². The number of likely N-dealkylation sites (tertiary alicyclic amines) is 1. The quantitative estimate of drug-likeness (QED) is 0.466. The summed E-state index contributed by atoms with van der Waals surface area (Å²) in [5.74, 6) is 1.84. The first kappa shape index (κ1) is 19.3. The molecule has 1 N–H and O–H groups in total. The Bertz CT molecular complexity index is 534. The number of ether oxygens (including phenoxy) is 1. The molecule has 1 unspecified atom stereocenters. The fourth-order valence-electron chi connectivity index (χ4n) is 2.87. The Morgan fingerprint density at radius 2 is 2.20 bits per heavy atom. The third-order valence-electron chi connectivity index (χ3n) is 4.60. The average molecular weight is 349 g/mol. The minimum atomic E-state index is -0.0617. The van der Waals surface area contributed by atoms with Gasteiger partial charge in [-0.15, -0.1) is 0 Å². The molecular formula is C19H31N3O3. The van der Waals surface area contributed by atoms with Crippen molar-refractivity contribution in [2.45, 2.75) is 52.5 Å². The Balaban J connectivity index is 1.92. The van der Waals surface area contributed by atoms with Crippen molar-refractivity contribution in [1.29, 1.82) is 0 Å². The van der Waals surface area contributed by atoms with Crippen LogP contribution in [-0.2, 0) is 16.0 Å². The van der Waals surface area contributed by atoms with Crippen LogP contribution < -0.4 is 5.32 Å². The molecule has 0 saturated carbocycles. The van der Waals surface area contributed by atoms with Crippen LogP contribution in [-0.4, -0.2) is 49.1 Å².